The third-order valence-corrected chi connectivity index (χ3v) is 7.59. The SMILES string of the molecule is CC1C(F)CC2=C3C(=C4Cn5c(cc6c(c5=O)COC(=O)[C@H]6O)C4N2)CCCC31. The molecule has 4 unspecified atom stereocenters. The Balaban J connectivity index is 1.52. The van der Waals surface area contributed by atoms with Crippen molar-refractivity contribution >= 4 is 5.97 Å². The quantitative estimate of drug-likeness (QED) is 0.656. The molecule has 6 nitrogen and oxygen atoms in total. The zero-order valence-corrected chi connectivity index (χ0v) is 16.2. The molecule has 0 radical (unpaired) electrons. The standard InChI is InChI=1S/C22H23FN2O4/c1-9-10-3-2-4-11-13-7-25-17(19(13)24-16(18(10)11)6-15(9)23)5-12-14(21(25)27)8-29-22(28)20(12)26/h5,9-10,15,19-20,24,26H,2-4,6-8H2,1H3/t9?,10?,15?,19?,20-/m0/s1. The van der Waals surface area contributed by atoms with Crippen LogP contribution in [0.3, 0.4) is 0 Å². The Morgan fingerprint density at radius 1 is 1.34 bits per heavy atom. The Hall–Kier alpha value is -2.41. The number of ether oxygens (including phenoxy) is 1. The molecule has 152 valence electrons. The molecule has 0 aromatic carbocycles. The third-order valence-electron chi connectivity index (χ3n) is 7.59. The number of alkyl halides is 1. The second-order valence-electron chi connectivity index (χ2n) is 8.96. The number of nitrogens with zero attached hydrogens (tertiary/aromatic N) is 1. The summed E-state index contributed by atoms with van der Waals surface area (Å²) < 4.78 is 21.4. The largest absolute Gasteiger partial charge is 0.458 e. The van der Waals surface area contributed by atoms with Gasteiger partial charge in [0.25, 0.3) is 5.56 Å². The number of fused-ring (bicyclic) bond motifs is 4. The number of pyridine rings is 1. The summed E-state index contributed by atoms with van der Waals surface area (Å²) >= 11 is 0. The molecule has 4 heterocycles. The van der Waals surface area contributed by atoms with E-state index in [4.69, 9.17) is 4.74 Å². The van der Waals surface area contributed by atoms with E-state index in [1.165, 1.54) is 16.7 Å². The van der Waals surface area contributed by atoms with E-state index >= 15 is 0 Å². The van der Waals surface area contributed by atoms with Gasteiger partial charge >= 0.3 is 5.97 Å². The van der Waals surface area contributed by atoms with Crippen molar-refractivity contribution in [2.45, 2.75) is 64.1 Å². The Morgan fingerprint density at radius 3 is 3.00 bits per heavy atom. The smallest absolute Gasteiger partial charge is 0.340 e. The van der Waals surface area contributed by atoms with E-state index in [-0.39, 0.29) is 30.0 Å². The lowest BCUT2D eigenvalue weighted by Crippen LogP contribution is -2.40. The summed E-state index contributed by atoms with van der Waals surface area (Å²) in [5, 5.41) is 13.8. The van der Waals surface area contributed by atoms with Gasteiger partial charge in [0.2, 0.25) is 0 Å². The van der Waals surface area contributed by atoms with Crippen LogP contribution >= 0.6 is 0 Å². The van der Waals surface area contributed by atoms with E-state index < -0.39 is 18.2 Å². The molecular weight excluding hydrogens is 375 g/mol. The van der Waals surface area contributed by atoms with Gasteiger partial charge in [-0.25, -0.2) is 9.18 Å². The summed E-state index contributed by atoms with van der Waals surface area (Å²) in [6, 6.07) is 1.56. The maximum atomic E-state index is 14.7. The number of aliphatic hydroxyl groups excluding tert-OH is 1. The molecule has 1 saturated carbocycles. The summed E-state index contributed by atoms with van der Waals surface area (Å²) in [6.45, 7) is 2.40. The summed E-state index contributed by atoms with van der Waals surface area (Å²) in [4.78, 5) is 24.9. The second kappa shape index (κ2) is 5.81. The highest BCUT2D eigenvalue weighted by atomic mass is 19.1. The van der Waals surface area contributed by atoms with Crippen LogP contribution in [0.25, 0.3) is 0 Å². The molecule has 0 spiro atoms. The summed E-state index contributed by atoms with van der Waals surface area (Å²) in [6.07, 6.45) is 1.08. The highest BCUT2D eigenvalue weighted by Crippen LogP contribution is 2.52. The minimum Gasteiger partial charge on any atom is -0.458 e. The summed E-state index contributed by atoms with van der Waals surface area (Å²) in [5.41, 5.74) is 5.96. The van der Waals surface area contributed by atoms with E-state index in [1.54, 1.807) is 10.6 Å². The van der Waals surface area contributed by atoms with Gasteiger partial charge in [-0.1, -0.05) is 6.92 Å². The zero-order chi connectivity index (χ0) is 20.0. The highest BCUT2D eigenvalue weighted by molar-refractivity contribution is 5.78. The third kappa shape index (κ3) is 2.19. The fourth-order valence-corrected chi connectivity index (χ4v) is 6.06. The van der Waals surface area contributed by atoms with E-state index in [1.807, 2.05) is 6.92 Å². The molecule has 7 heteroatoms. The fourth-order valence-electron chi connectivity index (χ4n) is 6.06. The van der Waals surface area contributed by atoms with Crippen molar-refractivity contribution in [1.29, 1.82) is 0 Å². The van der Waals surface area contributed by atoms with Crippen molar-refractivity contribution in [3.63, 3.8) is 0 Å². The van der Waals surface area contributed by atoms with Crippen LogP contribution in [0.5, 0.6) is 0 Å². The van der Waals surface area contributed by atoms with Gasteiger partial charge in [0.15, 0.2) is 6.10 Å². The van der Waals surface area contributed by atoms with Gasteiger partial charge in [0.1, 0.15) is 12.8 Å². The first-order valence-corrected chi connectivity index (χ1v) is 10.4. The molecule has 0 amide bonds. The number of nitrogens with one attached hydrogen (secondary N) is 1. The van der Waals surface area contributed by atoms with Crippen LogP contribution in [0.1, 0.15) is 61.6 Å². The summed E-state index contributed by atoms with van der Waals surface area (Å²) in [7, 11) is 0. The Kier molecular flexibility index (Phi) is 3.50. The molecule has 29 heavy (non-hydrogen) atoms. The zero-order valence-electron chi connectivity index (χ0n) is 16.2. The first kappa shape index (κ1) is 17.4. The number of halogens is 1. The van der Waals surface area contributed by atoms with Crippen molar-refractivity contribution in [3.05, 3.63) is 55.7 Å². The number of aliphatic hydroxyl groups is 1. The van der Waals surface area contributed by atoms with Crippen molar-refractivity contribution in [2.24, 2.45) is 11.8 Å². The molecule has 3 aliphatic heterocycles. The maximum absolute atomic E-state index is 14.7. The molecular formula is C22H23FN2O4. The molecule has 0 bridgehead atoms. The first-order valence-electron chi connectivity index (χ1n) is 10.4. The lowest BCUT2D eigenvalue weighted by molar-refractivity contribution is -0.157. The molecule has 6 rings (SSSR count). The molecule has 1 fully saturated rings. The lowest BCUT2D eigenvalue weighted by atomic mass is 9.65. The van der Waals surface area contributed by atoms with Gasteiger partial charge in [-0.2, -0.15) is 0 Å². The number of carbonyl (C=O) groups is 1. The normalized spacial score (nSPS) is 34.7. The van der Waals surface area contributed by atoms with Crippen molar-refractivity contribution in [3.8, 4) is 0 Å². The van der Waals surface area contributed by atoms with Gasteiger partial charge in [-0.05, 0) is 53.9 Å². The van der Waals surface area contributed by atoms with Crippen LogP contribution in [0.4, 0.5) is 4.39 Å². The number of aromatic nitrogens is 1. The highest BCUT2D eigenvalue weighted by Gasteiger charge is 2.46. The number of carbonyl (C=O) groups excluding carboxylic acids is 1. The summed E-state index contributed by atoms with van der Waals surface area (Å²) in [5.74, 6) is -0.475. The minimum absolute atomic E-state index is 0.0140. The van der Waals surface area contributed by atoms with Crippen LogP contribution in [-0.4, -0.2) is 21.8 Å². The van der Waals surface area contributed by atoms with Crippen molar-refractivity contribution < 1.29 is 19.0 Å². The topological polar surface area (TPSA) is 80.6 Å². The predicted molar refractivity (Wildman–Crippen MR) is 101 cm³/mol. The van der Waals surface area contributed by atoms with Crippen LogP contribution in [-0.2, 0) is 22.7 Å². The molecule has 2 aliphatic carbocycles. The molecule has 5 atom stereocenters. The van der Waals surface area contributed by atoms with Crippen LogP contribution in [0.15, 0.2) is 33.3 Å². The van der Waals surface area contributed by atoms with Gasteiger partial charge in [-0.15, -0.1) is 0 Å². The number of rotatable bonds is 0. The maximum Gasteiger partial charge on any atom is 0.340 e. The Bertz CT molecular complexity index is 1090. The van der Waals surface area contributed by atoms with Crippen LogP contribution in [0.2, 0.25) is 0 Å². The molecule has 5 aliphatic rings. The van der Waals surface area contributed by atoms with E-state index in [2.05, 4.69) is 5.32 Å². The number of allylic oxidation sites excluding steroid dienone is 3. The number of hydrogen-bond acceptors (Lipinski definition) is 5. The second-order valence-corrected chi connectivity index (χ2v) is 8.96. The van der Waals surface area contributed by atoms with E-state index in [0.717, 1.165) is 30.7 Å². The van der Waals surface area contributed by atoms with Gasteiger partial charge < -0.3 is 19.7 Å². The van der Waals surface area contributed by atoms with E-state index in [9.17, 15) is 19.1 Å². The average molecular weight is 398 g/mol. The van der Waals surface area contributed by atoms with Gasteiger partial charge in [0.05, 0.1) is 11.6 Å². The number of cyclic esters (lactones) is 1. The van der Waals surface area contributed by atoms with Crippen LogP contribution < -0.4 is 10.9 Å². The average Bonchev–Trinajstić information content (AvgIpc) is 3.08. The molecule has 1 aromatic rings. The monoisotopic (exact) mass is 398 g/mol. The number of hydrogen-bond donors (Lipinski definition) is 2. The fraction of sp³-hybridized carbons (Fsp3) is 0.545. The number of esters is 1. The van der Waals surface area contributed by atoms with Gasteiger partial charge in [0, 0.05) is 29.9 Å². The van der Waals surface area contributed by atoms with Crippen LogP contribution in [0, 0.1) is 11.8 Å². The lowest BCUT2D eigenvalue weighted by Gasteiger charge is -2.44. The van der Waals surface area contributed by atoms with Crippen molar-refractivity contribution in [2.75, 3.05) is 0 Å². The Labute approximate surface area is 167 Å². The molecule has 2 N–H and O–H groups in total. The number of dihydropyridines is 1. The van der Waals surface area contributed by atoms with E-state index in [0.29, 0.717) is 24.1 Å². The Morgan fingerprint density at radius 2 is 2.17 bits per heavy atom. The predicted octanol–water partition coefficient (Wildman–Crippen LogP) is 2.33. The van der Waals surface area contributed by atoms with Crippen molar-refractivity contribution in [1.82, 2.24) is 9.88 Å². The van der Waals surface area contributed by atoms with Gasteiger partial charge in [-0.3, -0.25) is 4.79 Å². The first-order chi connectivity index (χ1) is 14.0. The minimum atomic E-state index is -1.43. The molecule has 0 saturated heterocycles. The molecule has 1 aromatic heterocycles.